The number of carbonyl (C=O) groups is 2. The highest BCUT2D eigenvalue weighted by Gasteiger charge is 2.27. The van der Waals surface area contributed by atoms with Gasteiger partial charge in [0.2, 0.25) is 5.88 Å². The Balaban J connectivity index is 2.11. The van der Waals surface area contributed by atoms with Crippen LogP contribution in [-0.4, -0.2) is 38.2 Å². The molecular formula is C17H19N3O5S. The number of carbonyl (C=O) groups excluding carboxylic acids is 1. The summed E-state index contributed by atoms with van der Waals surface area (Å²) in [5.41, 5.74) is -0.463. The molecule has 26 heavy (non-hydrogen) atoms. The van der Waals surface area contributed by atoms with Crippen molar-refractivity contribution in [1.29, 1.82) is 0 Å². The zero-order valence-electron chi connectivity index (χ0n) is 14.0. The van der Waals surface area contributed by atoms with Crippen LogP contribution in [0.1, 0.15) is 48.5 Å². The van der Waals surface area contributed by atoms with E-state index < -0.39 is 35.4 Å². The highest BCUT2D eigenvalue weighted by Crippen LogP contribution is 2.32. The Morgan fingerprint density at radius 1 is 1.31 bits per heavy atom. The Morgan fingerprint density at radius 2 is 2.04 bits per heavy atom. The number of carboxylic acids is 1. The Kier molecular flexibility index (Phi) is 5.36. The van der Waals surface area contributed by atoms with Crippen molar-refractivity contribution >= 4 is 23.2 Å². The highest BCUT2D eigenvalue weighted by atomic mass is 32.1. The van der Waals surface area contributed by atoms with Gasteiger partial charge in [-0.3, -0.25) is 19.0 Å². The number of hydrogen-bond donors (Lipinski definition) is 3. The number of amides is 1. The van der Waals surface area contributed by atoms with Crippen molar-refractivity contribution in [3.63, 3.8) is 0 Å². The van der Waals surface area contributed by atoms with Gasteiger partial charge in [-0.2, -0.15) is 16.3 Å². The summed E-state index contributed by atoms with van der Waals surface area (Å²) in [4.78, 5) is 40.1. The van der Waals surface area contributed by atoms with Crippen molar-refractivity contribution in [2.75, 3.05) is 6.54 Å². The van der Waals surface area contributed by atoms with Gasteiger partial charge in [-0.15, -0.1) is 0 Å². The maximum atomic E-state index is 13.0. The van der Waals surface area contributed by atoms with E-state index in [4.69, 9.17) is 5.11 Å². The number of thiophene rings is 1. The molecule has 1 aliphatic carbocycles. The van der Waals surface area contributed by atoms with Gasteiger partial charge in [0.15, 0.2) is 5.56 Å². The van der Waals surface area contributed by atoms with Gasteiger partial charge in [-0.25, -0.2) is 0 Å². The van der Waals surface area contributed by atoms with E-state index in [1.54, 1.807) is 6.07 Å². The van der Waals surface area contributed by atoms with E-state index in [0.717, 1.165) is 32.1 Å². The lowest BCUT2D eigenvalue weighted by molar-refractivity contribution is -0.135. The van der Waals surface area contributed by atoms with Crippen LogP contribution in [0.25, 0.3) is 11.4 Å². The molecule has 1 saturated carbocycles. The van der Waals surface area contributed by atoms with Gasteiger partial charge in [0.1, 0.15) is 12.4 Å². The predicted octanol–water partition coefficient (Wildman–Crippen LogP) is 2.00. The second-order valence-electron chi connectivity index (χ2n) is 6.19. The quantitative estimate of drug-likeness (QED) is 0.733. The number of rotatable bonds is 5. The molecule has 1 aliphatic rings. The summed E-state index contributed by atoms with van der Waals surface area (Å²) < 4.78 is 1.48. The molecule has 1 amide bonds. The SMILES string of the molecule is O=C(O)CNC(=O)c1c(O)nc(-c2ccsc2)n(C2CCCCC2)c1=O. The second-order valence-corrected chi connectivity index (χ2v) is 6.97. The zero-order chi connectivity index (χ0) is 18.7. The maximum Gasteiger partial charge on any atom is 0.322 e. The van der Waals surface area contributed by atoms with E-state index in [2.05, 4.69) is 10.3 Å². The van der Waals surface area contributed by atoms with Gasteiger partial charge >= 0.3 is 5.97 Å². The Bertz CT molecular complexity index is 869. The first kappa shape index (κ1) is 18.1. The van der Waals surface area contributed by atoms with Crippen LogP contribution in [0.2, 0.25) is 0 Å². The van der Waals surface area contributed by atoms with Crippen molar-refractivity contribution in [1.82, 2.24) is 14.9 Å². The molecule has 3 N–H and O–H groups in total. The molecule has 1 fully saturated rings. The molecular weight excluding hydrogens is 358 g/mol. The molecule has 0 aliphatic heterocycles. The molecule has 0 aromatic carbocycles. The van der Waals surface area contributed by atoms with Crippen molar-refractivity contribution < 1.29 is 19.8 Å². The van der Waals surface area contributed by atoms with Gasteiger partial charge in [-0.1, -0.05) is 19.3 Å². The van der Waals surface area contributed by atoms with E-state index in [1.807, 2.05) is 10.8 Å². The number of carboxylic acid groups (broad SMARTS) is 1. The predicted molar refractivity (Wildman–Crippen MR) is 95.6 cm³/mol. The number of aromatic nitrogens is 2. The molecule has 0 atom stereocenters. The minimum atomic E-state index is -1.24. The molecule has 2 heterocycles. The van der Waals surface area contributed by atoms with Crippen LogP contribution in [-0.2, 0) is 4.79 Å². The van der Waals surface area contributed by atoms with Crippen LogP contribution in [0.15, 0.2) is 21.6 Å². The smallest absolute Gasteiger partial charge is 0.322 e. The normalized spacial score (nSPS) is 14.9. The zero-order valence-corrected chi connectivity index (χ0v) is 14.8. The van der Waals surface area contributed by atoms with Gasteiger partial charge in [0.25, 0.3) is 11.5 Å². The number of hydrogen-bond acceptors (Lipinski definition) is 6. The van der Waals surface area contributed by atoms with Crippen molar-refractivity contribution in [2.24, 2.45) is 0 Å². The van der Waals surface area contributed by atoms with Gasteiger partial charge in [0.05, 0.1) is 0 Å². The van der Waals surface area contributed by atoms with Crippen LogP contribution >= 0.6 is 11.3 Å². The molecule has 0 bridgehead atoms. The molecule has 0 saturated heterocycles. The summed E-state index contributed by atoms with van der Waals surface area (Å²) in [6.07, 6.45) is 4.62. The molecule has 2 aromatic rings. The van der Waals surface area contributed by atoms with Crippen LogP contribution in [0.3, 0.4) is 0 Å². The van der Waals surface area contributed by atoms with Gasteiger partial charge in [0, 0.05) is 17.0 Å². The third kappa shape index (κ3) is 3.62. The largest absolute Gasteiger partial charge is 0.493 e. The minimum Gasteiger partial charge on any atom is -0.493 e. The lowest BCUT2D eigenvalue weighted by Gasteiger charge is -2.26. The third-order valence-electron chi connectivity index (χ3n) is 4.44. The first-order valence-corrected chi connectivity index (χ1v) is 9.31. The Hall–Kier alpha value is -2.68. The van der Waals surface area contributed by atoms with Crippen molar-refractivity contribution in [3.05, 3.63) is 32.7 Å². The maximum absolute atomic E-state index is 13.0. The summed E-state index contributed by atoms with van der Waals surface area (Å²) in [6, 6.07) is 1.69. The van der Waals surface area contributed by atoms with Crippen LogP contribution in [0, 0.1) is 0 Å². The number of aliphatic carboxylic acids is 1. The molecule has 138 valence electrons. The van der Waals surface area contributed by atoms with Crippen molar-refractivity contribution in [2.45, 2.75) is 38.1 Å². The molecule has 0 spiro atoms. The first-order valence-electron chi connectivity index (χ1n) is 8.37. The second kappa shape index (κ2) is 7.69. The van der Waals surface area contributed by atoms with Crippen molar-refractivity contribution in [3.8, 4) is 17.3 Å². The summed E-state index contributed by atoms with van der Waals surface area (Å²) in [6.45, 7) is -0.645. The van der Waals surface area contributed by atoms with Crippen LogP contribution in [0.5, 0.6) is 5.88 Å². The lowest BCUT2D eigenvalue weighted by Crippen LogP contribution is -2.38. The summed E-state index contributed by atoms with van der Waals surface area (Å²) in [7, 11) is 0. The summed E-state index contributed by atoms with van der Waals surface area (Å²) in [5.74, 6) is -2.54. The van der Waals surface area contributed by atoms with E-state index in [-0.39, 0.29) is 6.04 Å². The number of aromatic hydroxyl groups is 1. The minimum absolute atomic E-state index is 0.106. The van der Waals surface area contributed by atoms with Crippen LogP contribution < -0.4 is 10.9 Å². The fraction of sp³-hybridized carbons (Fsp3) is 0.412. The average Bonchev–Trinajstić information content (AvgIpc) is 3.14. The monoisotopic (exact) mass is 377 g/mol. The molecule has 0 radical (unpaired) electrons. The van der Waals surface area contributed by atoms with Gasteiger partial charge < -0.3 is 15.5 Å². The average molecular weight is 377 g/mol. The Morgan fingerprint density at radius 3 is 2.65 bits per heavy atom. The summed E-state index contributed by atoms with van der Waals surface area (Å²) >= 11 is 1.44. The molecule has 2 aromatic heterocycles. The van der Waals surface area contributed by atoms with E-state index in [9.17, 15) is 19.5 Å². The molecule has 8 nitrogen and oxygen atoms in total. The topological polar surface area (TPSA) is 122 Å². The van der Waals surface area contributed by atoms with E-state index in [1.165, 1.54) is 15.9 Å². The Labute approximate surface area is 153 Å². The molecule has 9 heteroatoms. The summed E-state index contributed by atoms with van der Waals surface area (Å²) in [5, 5.41) is 24.7. The highest BCUT2D eigenvalue weighted by molar-refractivity contribution is 7.08. The fourth-order valence-corrected chi connectivity index (χ4v) is 3.87. The standard InChI is InChI=1S/C17H19N3O5S/c21-12(22)8-18-15(23)13-16(24)19-14(10-6-7-26-9-10)20(17(13)25)11-4-2-1-3-5-11/h6-7,9,11,24H,1-5,8H2,(H,18,23)(H,21,22). The fourth-order valence-electron chi connectivity index (χ4n) is 3.24. The van der Waals surface area contributed by atoms with E-state index in [0.29, 0.717) is 11.4 Å². The molecule has 0 unspecified atom stereocenters. The molecule has 3 rings (SSSR count). The third-order valence-corrected chi connectivity index (χ3v) is 5.13. The van der Waals surface area contributed by atoms with Gasteiger partial charge in [-0.05, 0) is 24.3 Å². The number of nitrogens with zero attached hydrogens (tertiary/aromatic N) is 2. The van der Waals surface area contributed by atoms with E-state index >= 15 is 0 Å². The first-order chi connectivity index (χ1) is 12.5. The van der Waals surface area contributed by atoms with Crippen LogP contribution in [0.4, 0.5) is 0 Å². The lowest BCUT2D eigenvalue weighted by atomic mass is 9.95. The number of nitrogens with one attached hydrogen (secondary N) is 1.